The number of nitrogens with zero attached hydrogens (tertiary/aromatic N) is 1. The Labute approximate surface area is 117 Å². The Kier molecular flexibility index (Phi) is 5.81. The smallest absolute Gasteiger partial charge is 0.323 e. The fourth-order valence-electron chi connectivity index (χ4n) is 3.03. The number of piperidine rings is 1. The van der Waals surface area contributed by atoms with Gasteiger partial charge in [0, 0.05) is 12.1 Å². The van der Waals surface area contributed by atoms with Crippen LogP contribution in [0.15, 0.2) is 0 Å². The van der Waals surface area contributed by atoms with Crippen molar-refractivity contribution in [2.75, 3.05) is 13.1 Å². The van der Waals surface area contributed by atoms with Gasteiger partial charge in [-0.1, -0.05) is 6.92 Å². The molecule has 0 aromatic heterocycles. The number of hydrogen-bond acceptors (Lipinski definition) is 3. The van der Waals surface area contributed by atoms with E-state index < -0.39 is 11.5 Å². The van der Waals surface area contributed by atoms with Crippen LogP contribution >= 0.6 is 0 Å². The molecular weight excluding hydrogens is 240 g/mol. The molecule has 1 aliphatic heterocycles. The van der Waals surface area contributed by atoms with E-state index in [1.165, 1.54) is 12.8 Å². The van der Waals surface area contributed by atoms with Gasteiger partial charge in [-0.05, 0) is 66.0 Å². The van der Waals surface area contributed by atoms with Crippen LogP contribution in [0, 0.1) is 5.92 Å². The second kappa shape index (κ2) is 6.71. The third-order valence-electron chi connectivity index (χ3n) is 4.22. The summed E-state index contributed by atoms with van der Waals surface area (Å²) in [6, 6.07) is 0.481. The number of likely N-dealkylation sites (tertiary alicyclic amines) is 1. The average Bonchev–Trinajstić information content (AvgIpc) is 2.28. The van der Waals surface area contributed by atoms with Crippen LogP contribution < -0.4 is 5.32 Å². The highest BCUT2D eigenvalue weighted by atomic mass is 16.4. The summed E-state index contributed by atoms with van der Waals surface area (Å²) in [6.45, 7) is 12.4. The number of hydrogen-bond donors (Lipinski definition) is 2. The first kappa shape index (κ1) is 16.4. The van der Waals surface area contributed by atoms with Crippen LogP contribution in [-0.4, -0.2) is 46.7 Å². The molecule has 1 rings (SSSR count). The van der Waals surface area contributed by atoms with E-state index in [-0.39, 0.29) is 6.04 Å². The SMILES string of the molecule is CC1CCN(C(C)CC(C)(NC(C)C)C(=O)O)CC1. The Morgan fingerprint density at radius 3 is 2.32 bits per heavy atom. The predicted molar refractivity (Wildman–Crippen MR) is 78.4 cm³/mol. The van der Waals surface area contributed by atoms with Gasteiger partial charge in [0.2, 0.25) is 0 Å². The van der Waals surface area contributed by atoms with Gasteiger partial charge in [0.05, 0.1) is 0 Å². The zero-order valence-electron chi connectivity index (χ0n) is 13.1. The first-order valence-electron chi connectivity index (χ1n) is 7.49. The van der Waals surface area contributed by atoms with Crippen molar-refractivity contribution in [3.8, 4) is 0 Å². The van der Waals surface area contributed by atoms with Gasteiger partial charge in [-0.2, -0.15) is 0 Å². The fraction of sp³-hybridized carbons (Fsp3) is 0.933. The summed E-state index contributed by atoms with van der Waals surface area (Å²) in [5.74, 6) is 0.0570. The molecule has 4 heteroatoms. The van der Waals surface area contributed by atoms with E-state index >= 15 is 0 Å². The van der Waals surface area contributed by atoms with E-state index in [1.807, 2.05) is 13.8 Å². The molecular formula is C15H30N2O2. The third-order valence-corrected chi connectivity index (χ3v) is 4.22. The van der Waals surface area contributed by atoms with Gasteiger partial charge in [-0.25, -0.2) is 0 Å². The second-order valence-corrected chi connectivity index (χ2v) is 6.71. The Balaban J connectivity index is 2.61. The molecule has 0 amide bonds. The number of rotatable bonds is 6. The van der Waals surface area contributed by atoms with Gasteiger partial charge >= 0.3 is 5.97 Å². The molecule has 2 atom stereocenters. The lowest BCUT2D eigenvalue weighted by Gasteiger charge is -2.39. The van der Waals surface area contributed by atoms with Crippen molar-refractivity contribution in [1.29, 1.82) is 0 Å². The minimum Gasteiger partial charge on any atom is -0.480 e. The predicted octanol–water partition coefficient (Wildman–Crippen LogP) is 2.34. The normalized spacial score (nSPS) is 23.3. The van der Waals surface area contributed by atoms with Crippen LogP contribution in [0.25, 0.3) is 0 Å². The summed E-state index contributed by atoms with van der Waals surface area (Å²) in [6.07, 6.45) is 3.10. The topological polar surface area (TPSA) is 52.6 Å². The van der Waals surface area contributed by atoms with E-state index in [0.717, 1.165) is 19.0 Å². The largest absolute Gasteiger partial charge is 0.480 e. The van der Waals surface area contributed by atoms with Gasteiger partial charge in [0.1, 0.15) is 5.54 Å². The highest BCUT2D eigenvalue weighted by molar-refractivity contribution is 5.78. The average molecular weight is 270 g/mol. The Morgan fingerprint density at radius 1 is 1.37 bits per heavy atom. The Morgan fingerprint density at radius 2 is 1.89 bits per heavy atom. The molecule has 0 spiro atoms. The molecule has 0 aromatic carbocycles. The monoisotopic (exact) mass is 270 g/mol. The van der Waals surface area contributed by atoms with E-state index in [9.17, 15) is 9.90 Å². The minimum absolute atomic E-state index is 0.176. The van der Waals surface area contributed by atoms with Crippen molar-refractivity contribution in [2.45, 2.75) is 71.5 Å². The third kappa shape index (κ3) is 4.77. The van der Waals surface area contributed by atoms with Crippen LogP contribution in [0.2, 0.25) is 0 Å². The molecule has 19 heavy (non-hydrogen) atoms. The number of carboxylic acid groups (broad SMARTS) is 1. The molecule has 112 valence electrons. The summed E-state index contributed by atoms with van der Waals surface area (Å²) in [7, 11) is 0. The highest BCUT2D eigenvalue weighted by Crippen LogP contribution is 2.23. The summed E-state index contributed by atoms with van der Waals surface area (Å²) in [4.78, 5) is 14.0. The van der Waals surface area contributed by atoms with Gasteiger partial charge in [-0.3, -0.25) is 10.1 Å². The van der Waals surface area contributed by atoms with Crippen molar-refractivity contribution in [1.82, 2.24) is 10.2 Å². The summed E-state index contributed by atoms with van der Waals surface area (Å²) >= 11 is 0. The Bertz CT molecular complexity index is 299. The van der Waals surface area contributed by atoms with Crippen molar-refractivity contribution < 1.29 is 9.90 Å². The second-order valence-electron chi connectivity index (χ2n) is 6.71. The van der Waals surface area contributed by atoms with Crippen LogP contribution in [0.4, 0.5) is 0 Å². The molecule has 0 aliphatic carbocycles. The maximum Gasteiger partial charge on any atom is 0.323 e. The first-order valence-corrected chi connectivity index (χ1v) is 7.49. The molecule has 1 heterocycles. The molecule has 1 aliphatic rings. The van der Waals surface area contributed by atoms with Crippen molar-refractivity contribution >= 4 is 5.97 Å². The quantitative estimate of drug-likeness (QED) is 0.778. The van der Waals surface area contributed by atoms with Crippen LogP contribution in [0.1, 0.15) is 53.9 Å². The van der Waals surface area contributed by atoms with Crippen LogP contribution in [-0.2, 0) is 4.79 Å². The van der Waals surface area contributed by atoms with Gasteiger partial charge in [0.15, 0.2) is 0 Å². The molecule has 0 aromatic rings. The van der Waals surface area contributed by atoms with Crippen molar-refractivity contribution in [3.63, 3.8) is 0 Å². The van der Waals surface area contributed by atoms with E-state index in [4.69, 9.17) is 0 Å². The highest BCUT2D eigenvalue weighted by Gasteiger charge is 2.36. The zero-order valence-corrected chi connectivity index (χ0v) is 13.1. The molecule has 4 nitrogen and oxygen atoms in total. The number of carbonyl (C=O) groups is 1. The van der Waals surface area contributed by atoms with Gasteiger partial charge in [-0.15, -0.1) is 0 Å². The lowest BCUT2D eigenvalue weighted by molar-refractivity contribution is -0.145. The standard InChI is InChI=1S/C15H30N2O2/c1-11(2)16-15(5,14(18)19)10-13(4)17-8-6-12(3)7-9-17/h11-13,16H,6-10H2,1-5H3,(H,18,19). The molecule has 1 saturated heterocycles. The maximum atomic E-state index is 11.5. The Hall–Kier alpha value is -0.610. The maximum absolute atomic E-state index is 11.5. The first-order chi connectivity index (χ1) is 8.74. The summed E-state index contributed by atoms with van der Waals surface area (Å²) in [5.41, 5.74) is -0.837. The molecule has 0 radical (unpaired) electrons. The molecule has 0 bridgehead atoms. The molecule has 0 saturated carbocycles. The lowest BCUT2D eigenvalue weighted by Crippen LogP contribution is -2.56. The van der Waals surface area contributed by atoms with Gasteiger partial charge in [0.25, 0.3) is 0 Å². The molecule has 1 fully saturated rings. The van der Waals surface area contributed by atoms with Crippen LogP contribution in [0.5, 0.6) is 0 Å². The summed E-state index contributed by atoms with van der Waals surface area (Å²) < 4.78 is 0. The van der Waals surface area contributed by atoms with E-state index in [1.54, 1.807) is 6.92 Å². The number of nitrogens with one attached hydrogen (secondary N) is 1. The number of aliphatic carboxylic acids is 1. The molecule has 2 N–H and O–H groups in total. The number of carboxylic acids is 1. The lowest BCUT2D eigenvalue weighted by atomic mass is 9.90. The van der Waals surface area contributed by atoms with Crippen LogP contribution in [0.3, 0.4) is 0 Å². The minimum atomic E-state index is -0.837. The van der Waals surface area contributed by atoms with E-state index in [2.05, 4.69) is 24.1 Å². The molecule has 2 unspecified atom stereocenters. The van der Waals surface area contributed by atoms with Gasteiger partial charge < -0.3 is 10.0 Å². The van der Waals surface area contributed by atoms with Crippen molar-refractivity contribution in [2.24, 2.45) is 5.92 Å². The van der Waals surface area contributed by atoms with Crippen molar-refractivity contribution in [3.05, 3.63) is 0 Å². The zero-order chi connectivity index (χ0) is 14.6. The summed E-state index contributed by atoms with van der Waals surface area (Å²) in [5, 5.41) is 12.7. The van der Waals surface area contributed by atoms with E-state index in [0.29, 0.717) is 12.5 Å². The fourth-order valence-corrected chi connectivity index (χ4v) is 3.03.